The van der Waals surface area contributed by atoms with Crippen molar-refractivity contribution in [3.63, 3.8) is 0 Å². The highest BCUT2D eigenvalue weighted by Gasteiger charge is 2.36. The Kier molecular flexibility index (Phi) is 4.79. The van der Waals surface area contributed by atoms with E-state index in [1.165, 1.54) is 51.4 Å². The van der Waals surface area contributed by atoms with Crippen LogP contribution >= 0.6 is 0 Å². The van der Waals surface area contributed by atoms with Crippen LogP contribution in [0.25, 0.3) is 0 Å². The summed E-state index contributed by atoms with van der Waals surface area (Å²) in [5.74, 6) is 0. The van der Waals surface area contributed by atoms with Gasteiger partial charge in [0.05, 0.1) is 0 Å². The highest BCUT2D eigenvalue weighted by molar-refractivity contribution is 4.95. The molecule has 0 unspecified atom stereocenters. The zero-order valence-electron chi connectivity index (χ0n) is 9.31. The Labute approximate surface area is 83.3 Å². The highest BCUT2D eigenvalue weighted by Crippen LogP contribution is 2.37. The van der Waals surface area contributed by atoms with Gasteiger partial charge >= 0.3 is 0 Å². The molecule has 0 saturated heterocycles. The van der Waals surface area contributed by atoms with Crippen molar-refractivity contribution in [1.82, 2.24) is 5.32 Å². The van der Waals surface area contributed by atoms with Gasteiger partial charge in [-0.25, -0.2) is 5.32 Å². The van der Waals surface area contributed by atoms with E-state index in [2.05, 4.69) is 13.8 Å². The third-order valence-electron chi connectivity index (χ3n) is 3.20. The average Bonchev–Trinajstić information content (AvgIpc) is 2.08. The van der Waals surface area contributed by atoms with Crippen LogP contribution in [0, 0.1) is 0 Å². The van der Waals surface area contributed by atoms with Crippen molar-refractivity contribution in [2.75, 3.05) is 6.54 Å². The Balaban J connectivity index is 2.15. The molecule has 1 rings (SSSR count). The van der Waals surface area contributed by atoms with Crippen LogP contribution in [-0.4, -0.2) is 12.1 Å². The maximum atomic E-state index is 4.85. The van der Waals surface area contributed by atoms with Crippen LogP contribution < -0.4 is 5.32 Å². The Morgan fingerprint density at radius 3 is 2.31 bits per heavy atom. The fraction of sp³-hybridized carbons (Fsp3) is 1.00. The van der Waals surface area contributed by atoms with Crippen molar-refractivity contribution < 1.29 is 0 Å². The van der Waals surface area contributed by atoms with Crippen LogP contribution in [-0.2, 0) is 0 Å². The largest absolute Gasteiger partial charge is 0.235 e. The molecule has 0 aromatic heterocycles. The number of hydrogen-bond donors (Lipinski definition) is 0. The molecule has 0 aliphatic heterocycles. The predicted molar refractivity (Wildman–Crippen MR) is 58.0 cm³/mol. The number of rotatable bonds is 7. The number of hydrogen-bond acceptors (Lipinski definition) is 0. The smallest absolute Gasteiger partial charge is 0.0356 e. The first-order chi connectivity index (χ1) is 6.33. The molecule has 0 bridgehead atoms. The summed E-state index contributed by atoms with van der Waals surface area (Å²) in [5, 5.41) is 4.85. The second-order valence-electron chi connectivity index (χ2n) is 4.42. The molecule has 0 heterocycles. The topological polar surface area (TPSA) is 14.1 Å². The van der Waals surface area contributed by atoms with E-state index in [0.717, 1.165) is 6.54 Å². The Hall–Kier alpha value is -0.0400. The summed E-state index contributed by atoms with van der Waals surface area (Å²) < 4.78 is 0. The molecule has 13 heavy (non-hydrogen) atoms. The van der Waals surface area contributed by atoms with E-state index in [4.69, 9.17) is 5.32 Å². The van der Waals surface area contributed by atoms with E-state index >= 15 is 0 Å². The van der Waals surface area contributed by atoms with E-state index < -0.39 is 0 Å². The molecule has 0 spiro atoms. The van der Waals surface area contributed by atoms with Gasteiger partial charge in [-0.05, 0) is 32.1 Å². The molecule has 1 fully saturated rings. The highest BCUT2D eigenvalue weighted by atomic mass is 15.0. The first-order valence-electron chi connectivity index (χ1n) is 6.01. The Morgan fingerprint density at radius 1 is 1.08 bits per heavy atom. The van der Waals surface area contributed by atoms with Crippen molar-refractivity contribution in [1.29, 1.82) is 0 Å². The Morgan fingerprint density at radius 2 is 1.85 bits per heavy atom. The second kappa shape index (κ2) is 5.64. The van der Waals surface area contributed by atoms with E-state index in [0.29, 0.717) is 5.54 Å². The molecule has 1 saturated carbocycles. The first-order valence-corrected chi connectivity index (χ1v) is 6.01. The van der Waals surface area contributed by atoms with E-state index in [1.54, 1.807) is 0 Å². The predicted octanol–water partition coefficient (Wildman–Crippen LogP) is 3.50. The fourth-order valence-corrected chi connectivity index (χ4v) is 2.13. The lowest BCUT2D eigenvalue weighted by Gasteiger charge is -2.41. The van der Waals surface area contributed by atoms with Crippen molar-refractivity contribution >= 4 is 0 Å². The lowest BCUT2D eigenvalue weighted by molar-refractivity contribution is 0.161. The lowest BCUT2D eigenvalue weighted by atomic mass is 9.73. The SMILES string of the molecule is CCCCCC1([N]CCC)CCC1. The minimum Gasteiger partial charge on any atom is -0.235 e. The summed E-state index contributed by atoms with van der Waals surface area (Å²) >= 11 is 0. The molecular weight excluding hydrogens is 158 g/mol. The summed E-state index contributed by atoms with van der Waals surface area (Å²) in [4.78, 5) is 0. The molecule has 1 aliphatic carbocycles. The van der Waals surface area contributed by atoms with Gasteiger partial charge in [-0.2, -0.15) is 0 Å². The number of unbranched alkanes of at least 4 members (excludes halogenated alkanes) is 2. The van der Waals surface area contributed by atoms with Gasteiger partial charge in [-0.3, -0.25) is 0 Å². The van der Waals surface area contributed by atoms with Crippen LogP contribution in [0.1, 0.15) is 65.2 Å². The van der Waals surface area contributed by atoms with Gasteiger partial charge < -0.3 is 0 Å². The normalized spacial score (nSPS) is 19.8. The van der Waals surface area contributed by atoms with Crippen molar-refractivity contribution in [3.8, 4) is 0 Å². The van der Waals surface area contributed by atoms with Crippen LogP contribution in [0.5, 0.6) is 0 Å². The van der Waals surface area contributed by atoms with E-state index in [1.807, 2.05) is 0 Å². The van der Waals surface area contributed by atoms with E-state index in [9.17, 15) is 0 Å². The van der Waals surface area contributed by atoms with Gasteiger partial charge in [0.2, 0.25) is 0 Å². The lowest BCUT2D eigenvalue weighted by Crippen LogP contribution is -2.46. The molecular formula is C12H24N. The summed E-state index contributed by atoms with van der Waals surface area (Å²) in [6, 6.07) is 0. The molecule has 1 nitrogen and oxygen atoms in total. The maximum Gasteiger partial charge on any atom is 0.0356 e. The Bertz CT molecular complexity index is 127. The number of nitrogens with zero attached hydrogens (tertiary/aromatic N) is 1. The quantitative estimate of drug-likeness (QED) is 0.535. The minimum atomic E-state index is 0.450. The summed E-state index contributed by atoms with van der Waals surface area (Å²) in [6.45, 7) is 5.59. The van der Waals surface area contributed by atoms with Crippen molar-refractivity contribution in [2.24, 2.45) is 0 Å². The summed E-state index contributed by atoms with van der Waals surface area (Å²) in [7, 11) is 0. The average molecular weight is 182 g/mol. The molecule has 1 heteroatoms. The molecule has 1 radical (unpaired) electrons. The van der Waals surface area contributed by atoms with E-state index in [-0.39, 0.29) is 0 Å². The summed E-state index contributed by atoms with van der Waals surface area (Å²) in [5.41, 5.74) is 0.450. The molecule has 0 N–H and O–H groups in total. The van der Waals surface area contributed by atoms with Crippen LogP contribution in [0.4, 0.5) is 0 Å². The van der Waals surface area contributed by atoms with Crippen molar-refractivity contribution in [3.05, 3.63) is 0 Å². The van der Waals surface area contributed by atoms with Gasteiger partial charge in [0, 0.05) is 12.1 Å². The maximum absolute atomic E-state index is 4.85. The third kappa shape index (κ3) is 3.30. The van der Waals surface area contributed by atoms with Gasteiger partial charge in [-0.1, -0.05) is 33.1 Å². The first kappa shape index (κ1) is 11.0. The third-order valence-corrected chi connectivity index (χ3v) is 3.20. The molecule has 0 atom stereocenters. The fourth-order valence-electron chi connectivity index (χ4n) is 2.13. The van der Waals surface area contributed by atoms with Gasteiger partial charge in [0.25, 0.3) is 0 Å². The van der Waals surface area contributed by atoms with Crippen LogP contribution in [0.15, 0.2) is 0 Å². The van der Waals surface area contributed by atoms with Gasteiger partial charge in [0.15, 0.2) is 0 Å². The van der Waals surface area contributed by atoms with Gasteiger partial charge in [-0.15, -0.1) is 0 Å². The molecule has 0 aromatic rings. The zero-order valence-corrected chi connectivity index (χ0v) is 9.31. The summed E-state index contributed by atoms with van der Waals surface area (Å²) in [6.07, 6.45) is 10.9. The second-order valence-corrected chi connectivity index (χ2v) is 4.42. The molecule has 0 amide bonds. The molecule has 1 aliphatic rings. The van der Waals surface area contributed by atoms with Crippen molar-refractivity contribution in [2.45, 2.75) is 70.8 Å². The zero-order chi connectivity index (χ0) is 9.57. The molecule has 77 valence electrons. The van der Waals surface area contributed by atoms with Gasteiger partial charge in [0.1, 0.15) is 0 Å². The standard InChI is InChI=1S/C12H24N/c1-3-5-6-8-12(9-7-10-12)13-11-4-2/h3-11H2,1-2H3. The van der Waals surface area contributed by atoms with Crippen LogP contribution in [0.3, 0.4) is 0 Å². The molecule has 0 aromatic carbocycles. The minimum absolute atomic E-state index is 0.450. The monoisotopic (exact) mass is 182 g/mol. The van der Waals surface area contributed by atoms with Crippen LogP contribution in [0.2, 0.25) is 0 Å².